The van der Waals surface area contributed by atoms with Gasteiger partial charge in [-0.2, -0.15) is 0 Å². The number of pyridine rings is 2. The van der Waals surface area contributed by atoms with Gasteiger partial charge in [0.05, 0.1) is 11.0 Å². The molecule has 4 nitrogen and oxygen atoms in total. The summed E-state index contributed by atoms with van der Waals surface area (Å²) in [6.07, 6.45) is 7.75. The van der Waals surface area contributed by atoms with E-state index < -0.39 is 0 Å². The lowest BCUT2D eigenvalue weighted by molar-refractivity contribution is 0.283. The van der Waals surface area contributed by atoms with Crippen molar-refractivity contribution in [3.8, 4) is 0 Å². The molecule has 3 rings (SSSR count). The van der Waals surface area contributed by atoms with Gasteiger partial charge in [0.15, 0.2) is 0 Å². The van der Waals surface area contributed by atoms with Gasteiger partial charge in [0.1, 0.15) is 0 Å². The fourth-order valence-corrected chi connectivity index (χ4v) is 3.32. The highest BCUT2D eigenvalue weighted by molar-refractivity contribution is 6.02. The van der Waals surface area contributed by atoms with Gasteiger partial charge in [0.25, 0.3) is 0 Å². The summed E-state index contributed by atoms with van der Waals surface area (Å²) in [7, 11) is 0. The van der Waals surface area contributed by atoms with Crippen LogP contribution in [0.25, 0.3) is 21.8 Å². The van der Waals surface area contributed by atoms with Gasteiger partial charge in [-0.1, -0.05) is 37.1 Å². The molecular weight excluding hydrogens is 324 g/mol. The average molecular weight is 352 g/mol. The summed E-state index contributed by atoms with van der Waals surface area (Å²) >= 11 is 0. The molecule has 2 N–H and O–H groups in total. The maximum Gasteiger partial charge on any atom is 0.0967 e. The maximum absolute atomic E-state index is 8.90. The van der Waals surface area contributed by atoms with Gasteiger partial charge in [0, 0.05) is 35.4 Å². The van der Waals surface area contributed by atoms with Crippen LogP contribution in [0.1, 0.15) is 49.9 Å². The molecule has 2 heterocycles. The number of unbranched alkanes of at least 4 members (excludes halogenated alkanes) is 4. The number of fused-ring (bicyclic) bond motifs is 3. The zero-order chi connectivity index (χ0) is 18.2. The first-order valence-corrected chi connectivity index (χ1v) is 9.72. The zero-order valence-electron chi connectivity index (χ0n) is 15.3. The Balaban J connectivity index is 1.84. The van der Waals surface area contributed by atoms with Crippen molar-refractivity contribution >= 4 is 21.8 Å². The predicted octanol–water partition coefficient (Wildman–Crippen LogP) is 4.19. The fourth-order valence-electron chi connectivity index (χ4n) is 3.32. The molecule has 0 saturated heterocycles. The van der Waals surface area contributed by atoms with Crippen LogP contribution < -0.4 is 0 Å². The number of nitrogens with zero attached hydrogens (tertiary/aromatic N) is 2. The summed E-state index contributed by atoms with van der Waals surface area (Å²) in [6.45, 7) is 0.529. The van der Waals surface area contributed by atoms with E-state index in [4.69, 9.17) is 20.2 Å². The Kier molecular flexibility index (Phi) is 6.92. The lowest BCUT2D eigenvalue weighted by Crippen LogP contribution is -1.96. The van der Waals surface area contributed by atoms with E-state index in [1.807, 2.05) is 0 Å². The summed E-state index contributed by atoms with van der Waals surface area (Å²) in [5, 5.41) is 20.1. The third kappa shape index (κ3) is 4.77. The molecule has 3 aromatic rings. The number of benzene rings is 1. The molecular formula is C22H28N2O2. The molecule has 0 aliphatic carbocycles. The molecule has 1 aromatic carbocycles. The van der Waals surface area contributed by atoms with E-state index in [1.54, 1.807) is 0 Å². The first-order valence-electron chi connectivity index (χ1n) is 9.72. The third-order valence-corrected chi connectivity index (χ3v) is 4.82. The molecule has 138 valence electrons. The molecule has 26 heavy (non-hydrogen) atoms. The van der Waals surface area contributed by atoms with Gasteiger partial charge >= 0.3 is 0 Å². The van der Waals surface area contributed by atoms with E-state index in [0.29, 0.717) is 0 Å². The highest BCUT2D eigenvalue weighted by atomic mass is 16.3. The van der Waals surface area contributed by atoms with Crippen LogP contribution in [-0.4, -0.2) is 33.4 Å². The van der Waals surface area contributed by atoms with Crippen LogP contribution in [-0.2, 0) is 12.8 Å². The van der Waals surface area contributed by atoms with Crippen molar-refractivity contribution in [1.82, 2.24) is 9.97 Å². The number of aromatic nitrogens is 2. The molecule has 0 unspecified atom stereocenters. The summed E-state index contributed by atoms with van der Waals surface area (Å²) in [4.78, 5) is 9.79. The van der Waals surface area contributed by atoms with E-state index in [0.717, 1.165) is 84.6 Å². The lowest BCUT2D eigenvalue weighted by atomic mass is 10.1. The standard InChI is InChI=1S/C22H28N2O2/c25-15-5-1-3-7-19-13-11-17-9-10-18-12-14-20(8-4-2-6-16-26)24-22(18)21(17)23-19/h9-14,25-26H,1-8,15-16H2. The minimum atomic E-state index is 0.265. The average Bonchev–Trinajstić information content (AvgIpc) is 2.68. The Morgan fingerprint density at radius 2 is 0.962 bits per heavy atom. The van der Waals surface area contributed by atoms with Crippen molar-refractivity contribution in [2.24, 2.45) is 0 Å². The van der Waals surface area contributed by atoms with Crippen molar-refractivity contribution in [2.45, 2.75) is 51.4 Å². The second kappa shape index (κ2) is 9.60. The molecule has 0 radical (unpaired) electrons. The number of aryl methyl sites for hydroxylation is 2. The van der Waals surface area contributed by atoms with Crippen LogP contribution in [0.5, 0.6) is 0 Å². The van der Waals surface area contributed by atoms with E-state index in [-0.39, 0.29) is 13.2 Å². The van der Waals surface area contributed by atoms with Gasteiger partial charge in [-0.05, 0) is 50.7 Å². The molecule has 0 spiro atoms. The second-order valence-corrected chi connectivity index (χ2v) is 6.88. The van der Waals surface area contributed by atoms with Crippen LogP contribution in [0.2, 0.25) is 0 Å². The molecule has 0 atom stereocenters. The van der Waals surface area contributed by atoms with E-state index in [9.17, 15) is 0 Å². The normalized spacial score (nSPS) is 11.5. The molecule has 0 fully saturated rings. The number of hydrogen-bond donors (Lipinski definition) is 2. The molecule has 0 saturated carbocycles. The molecule has 0 aliphatic rings. The molecule has 0 aliphatic heterocycles. The van der Waals surface area contributed by atoms with Gasteiger partial charge in [-0.15, -0.1) is 0 Å². The number of hydrogen-bond acceptors (Lipinski definition) is 4. The smallest absolute Gasteiger partial charge is 0.0967 e. The van der Waals surface area contributed by atoms with E-state index in [2.05, 4.69) is 36.4 Å². The highest BCUT2D eigenvalue weighted by Gasteiger charge is 2.07. The summed E-state index contributed by atoms with van der Waals surface area (Å²) in [6, 6.07) is 12.7. The molecule has 0 bridgehead atoms. The van der Waals surface area contributed by atoms with Crippen LogP contribution >= 0.6 is 0 Å². The minimum absolute atomic E-state index is 0.265. The van der Waals surface area contributed by atoms with E-state index >= 15 is 0 Å². The SMILES string of the molecule is OCCCCCc1ccc2ccc3ccc(CCCCCO)nc3c2n1. The van der Waals surface area contributed by atoms with Crippen molar-refractivity contribution in [1.29, 1.82) is 0 Å². The molecule has 2 aromatic heterocycles. The van der Waals surface area contributed by atoms with Crippen molar-refractivity contribution < 1.29 is 10.2 Å². The van der Waals surface area contributed by atoms with Gasteiger partial charge < -0.3 is 10.2 Å². The predicted molar refractivity (Wildman–Crippen MR) is 106 cm³/mol. The monoisotopic (exact) mass is 352 g/mol. The van der Waals surface area contributed by atoms with Crippen LogP contribution in [0, 0.1) is 0 Å². The first-order chi connectivity index (χ1) is 12.8. The summed E-state index contributed by atoms with van der Waals surface area (Å²) in [5.74, 6) is 0. The largest absolute Gasteiger partial charge is 0.396 e. The number of aliphatic hydroxyl groups excluding tert-OH is 2. The Hall–Kier alpha value is -2.04. The zero-order valence-corrected chi connectivity index (χ0v) is 15.3. The van der Waals surface area contributed by atoms with Crippen molar-refractivity contribution in [2.75, 3.05) is 13.2 Å². The van der Waals surface area contributed by atoms with Gasteiger partial charge in [-0.25, -0.2) is 0 Å². The maximum atomic E-state index is 8.90. The quantitative estimate of drug-likeness (QED) is 0.424. The lowest BCUT2D eigenvalue weighted by Gasteiger charge is -2.08. The van der Waals surface area contributed by atoms with Crippen LogP contribution in [0.3, 0.4) is 0 Å². The Morgan fingerprint density at radius 1 is 0.538 bits per heavy atom. The van der Waals surface area contributed by atoms with Gasteiger partial charge in [-0.3, -0.25) is 9.97 Å². The number of aliphatic hydroxyl groups is 2. The van der Waals surface area contributed by atoms with Crippen molar-refractivity contribution in [3.05, 3.63) is 47.8 Å². The van der Waals surface area contributed by atoms with E-state index in [1.165, 1.54) is 0 Å². The third-order valence-electron chi connectivity index (χ3n) is 4.82. The number of rotatable bonds is 10. The molecule has 0 amide bonds. The second-order valence-electron chi connectivity index (χ2n) is 6.88. The minimum Gasteiger partial charge on any atom is -0.396 e. The Labute approximate surface area is 154 Å². The Bertz CT molecular complexity index is 777. The molecule has 4 heteroatoms. The highest BCUT2D eigenvalue weighted by Crippen LogP contribution is 2.24. The summed E-state index contributed by atoms with van der Waals surface area (Å²) in [5.41, 5.74) is 4.16. The summed E-state index contributed by atoms with van der Waals surface area (Å²) < 4.78 is 0. The first kappa shape index (κ1) is 18.7. The Morgan fingerprint density at radius 3 is 1.38 bits per heavy atom. The van der Waals surface area contributed by atoms with Crippen LogP contribution in [0.15, 0.2) is 36.4 Å². The topological polar surface area (TPSA) is 66.2 Å². The van der Waals surface area contributed by atoms with Gasteiger partial charge in [0.2, 0.25) is 0 Å². The fraction of sp³-hybridized carbons (Fsp3) is 0.455. The van der Waals surface area contributed by atoms with Crippen LogP contribution in [0.4, 0.5) is 0 Å². The van der Waals surface area contributed by atoms with Crippen molar-refractivity contribution in [3.63, 3.8) is 0 Å².